The highest BCUT2D eigenvalue weighted by Crippen LogP contribution is 2.30. The number of benzene rings is 3. The van der Waals surface area contributed by atoms with Crippen molar-refractivity contribution in [3.8, 4) is 0 Å². The highest BCUT2D eigenvalue weighted by Gasteiger charge is 2.36. The Bertz CT molecular complexity index is 1300. The molecular formula is C25H24ClFN4O2S. The summed E-state index contributed by atoms with van der Waals surface area (Å²) in [5.41, 5.74) is 2.58. The van der Waals surface area contributed by atoms with Gasteiger partial charge in [-0.15, -0.1) is 0 Å². The van der Waals surface area contributed by atoms with Crippen LogP contribution in [0.1, 0.15) is 30.4 Å². The molecule has 0 aliphatic carbocycles. The number of hydrogen-bond donors (Lipinski definition) is 1. The van der Waals surface area contributed by atoms with E-state index in [1.165, 1.54) is 17.1 Å². The van der Waals surface area contributed by atoms with Crippen molar-refractivity contribution in [2.75, 3.05) is 13.1 Å². The second kappa shape index (κ2) is 9.95. The fourth-order valence-corrected chi connectivity index (χ4v) is 5.47. The molecule has 176 valence electrons. The lowest BCUT2D eigenvalue weighted by Crippen LogP contribution is -2.44. The highest BCUT2D eigenvalue weighted by atomic mass is 35.5. The van der Waals surface area contributed by atoms with E-state index in [1.807, 2.05) is 49.4 Å². The second-order valence-corrected chi connectivity index (χ2v) is 10.2. The maximum absolute atomic E-state index is 13.4. The van der Waals surface area contributed by atoms with Crippen LogP contribution in [0.2, 0.25) is 5.02 Å². The normalized spacial score (nSPS) is 15.8. The first-order valence-electron chi connectivity index (χ1n) is 10.8. The van der Waals surface area contributed by atoms with Gasteiger partial charge in [-0.3, -0.25) is 5.41 Å². The fraction of sp³-hybridized carbons (Fsp3) is 0.200. The molecule has 1 aliphatic heterocycles. The molecule has 0 amide bonds. The van der Waals surface area contributed by atoms with Crippen LogP contribution in [0, 0.1) is 11.2 Å². The molecule has 3 aromatic rings. The molecule has 34 heavy (non-hydrogen) atoms. The average Bonchev–Trinajstić information content (AvgIpc) is 3.29. The van der Waals surface area contributed by atoms with Crippen LogP contribution in [0.25, 0.3) is 0 Å². The number of hydrazone groups is 1. The zero-order valence-electron chi connectivity index (χ0n) is 18.5. The number of rotatable bonds is 6. The molecule has 1 aliphatic rings. The monoisotopic (exact) mass is 498 g/mol. The van der Waals surface area contributed by atoms with Crippen LogP contribution in [0.3, 0.4) is 0 Å². The molecule has 0 saturated heterocycles. The first-order valence-corrected chi connectivity index (χ1v) is 12.7. The van der Waals surface area contributed by atoms with E-state index in [0.29, 0.717) is 18.0 Å². The number of halogens is 2. The van der Waals surface area contributed by atoms with E-state index in [9.17, 15) is 12.8 Å². The molecule has 0 saturated carbocycles. The summed E-state index contributed by atoms with van der Waals surface area (Å²) >= 11 is 6.06. The van der Waals surface area contributed by atoms with Crippen LogP contribution in [0.15, 0.2) is 88.9 Å². The Morgan fingerprint density at radius 3 is 2.35 bits per heavy atom. The molecule has 0 fully saturated rings. The lowest BCUT2D eigenvalue weighted by Gasteiger charge is -2.28. The van der Waals surface area contributed by atoms with Crippen molar-refractivity contribution in [2.24, 2.45) is 5.10 Å². The maximum atomic E-state index is 13.4. The number of sulfonamides is 1. The van der Waals surface area contributed by atoms with Gasteiger partial charge >= 0.3 is 0 Å². The molecule has 9 heteroatoms. The maximum Gasteiger partial charge on any atom is 0.266 e. The predicted octanol–water partition coefficient (Wildman–Crippen LogP) is 5.32. The molecule has 0 bridgehead atoms. The van der Waals surface area contributed by atoms with Gasteiger partial charge in [0.05, 0.1) is 17.2 Å². The van der Waals surface area contributed by atoms with Gasteiger partial charge in [0.15, 0.2) is 0 Å². The van der Waals surface area contributed by atoms with Gasteiger partial charge in [0.1, 0.15) is 5.82 Å². The summed E-state index contributed by atoms with van der Waals surface area (Å²) in [5, 5.41) is 15.5. The quantitative estimate of drug-likeness (QED) is 0.369. The van der Waals surface area contributed by atoms with Crippen LogP contribution in [-0.4, -0.2) is 42.5 Å². The lowest BCUT2D eigenvalue weighted by atomic mass is 9.91. The van der Waals surface area contributed by atoms with E-state index in [1.54, 1.807) is 12.1 Å². The molecule has 1 N–H and O–H groups in total. The van der Waals surface area contributed by atoms with Crippen molar-refractivity contribution >= 4 is 33.3 Å². The summed E-state index contributed by atoms with van der Waals surface area (Å²) in [5.74, 6) is -0.950. The minimum absolute atomic E-state index is 0.0761. The molecule has 0 aromatic heterocycles. The van der Waals surface area contributed by atoms with Crippen LogP contribution >= 0.6 is 11.6 Å². The topological polar surface area (TPSA) is 76.8 Å². The summed E-state index contributed by atoms with van der Waals surface area (Å²) in [6.45, 7) is 2.23. The van der Waals surface area contributed by atoms with Crippen LogP contribution < -0.4 is 0 Å². The van der Waals surface area contributed by atoms with Crippen LogP contribution in [-0.2, 0) is 10.0 Å². The van der Waals surface area contributed by atoms with Crippen molar-refractivity contribution in [1.82, 2.24) is 9.31 Å². The van der Waals surface area contributed by atoms with Gasteiger partial charge in [0.2, 0.25) is 5.96 Å². The van der Waals surface area contributed by atoms with E-state index < -0.39 is 15.8 Å². The summed E-state index contributed by atoms with van der Waals surface area (Å²) < 4.78 is 41.1. The number of guanidine groups is 1. The van der Waals surface area contributed by atoms with Crippen molar-refractivity contribution in [3.63, 3.8) is 0 Å². The molecule has 4 rings (SSSR count). The Labute approximate surface area is 203 Å². The van der Waals surface area contributed by atoms with Crippen molar-refractivity contribution in [3.05, 3.63) is 101 Å². The molecule has 1 heterocycles. The third-order valence-electron chi connectivity index (χ3n) is 5.57. The molecular weight excluding hydrogens is 475 g/mol. The molecule has 0 radical (unpaired) electrons. The zero-order chi connectivity index (χ0) is 24.3. The Morgan fingerprint density at radius 2 is 1.74 bits per heavy atom. The van der Waals surface area contributed by atoms with Crippen LogP contribution in [0.4, 0.5) is 4.39 Å². The van der Waals surface area contributed by atoms with Gasteiger partial charge in [-0.2, -0.15) is 5.10 Å². The Kier molecular flexibility index (Phi) is 7.00. The number of nitrogens with zero attached hydrogens (tertiary/aromatic N) is 3. The van der Waals surface area contributed by atoms with E-state index in [-0.39, 0.29) is 23.3 Å². The first kappa shape index (κ1) is 23.9. The summed E-state index contributed by atoms with van der Waals surface area (Å²) in [4.78, 5) is -0.0761. The molecule has 1 unspecified atom stereocenters. The van der Waals surface area contributed by atoms with E-state index >= 15 is 0 Å². The largest absolute Gasteiger partial charge is 0.267 e. The minimum Gasteiger partial charge on any atom is -0.267 e. The van der Waals surface area contributed by atoms with Crippen molar-refractivity contribution < 1.29 is 12.8 Å². The van der Waals surface area contributed by atoms with E-state index in [4.69, 9.17) is 17.0 Å². The summed E-state index contributed by atoms with van der Waals surface area (Å²) in [6, 6.07) is 21.7. The van der Waals surface area contributed by atoms with E-state index in [2.05, 4.69) is 5.10 Å². The third kappa shape index (κ3) is 4.83. The second-order valence-electron chi connectivity index (χ2n) is 7.89. The Hall–Kier alpha value is -3.23. The van der Waals surface area contributed by atoms with Gasteiger partial charge < -0.3 is 0 Å². The van der Waals surface area contributed by atoms with Crippen molar-refractivity contribution in [2.45, 2.75) is 24.2 Å². The minimum atomic E-state index is -4.07. The zero-order valence-corrected chi connectivity index (χ0v) is 20.1. The van der Waals surface area contributed by atoms with Gasteiger partial charge in [-0.1, -0.05) is 61.0 Å². The van der Waals surface area contributed by atoms with Gasteiger partial charge in [-0.25, -0.2) is 22.1 Å². The van der Waals surface area contributed by atoms with Gasteiger partial charge in [0, 0.05) is 17.5 Å². The molecule has 0 spiro atoms. The Morgan fingerprint density at radius 1 is 1.09 bits per heavy atom. The van der Waals surface area contributed by atoms with Gasteiger partial charge in [-0.05, 0) is 53.9 Å². The fourth-order valence-electron chi connectivity index (χ4n) is 3.87. The molecule has 1 atom stereocenters. The summed E-state index contributed by atoms with van der Waals surface area (Å²) in [7, 11) is -4.07. The average molecular weight is 499 g/mol. The standard InChI is InChI=1S/C25H24ClFN4O2S/c1-2-16-31(34(32,33)22-14-12-21(27)13-15-22)25(28)30-17-23(18-6-4-3-5-7-18)24(29-30)19-8-10-20(26)11-9-19/h3-15,23,28H,2,16-17H2,1H3. The smallest absolute Gasteiger partial charge is 0.266 e. The SMILES string of the molecule is CCCN(C(=N)N1CC(c2ccccc2)C(c2ccc(Cl)cc2)=N1)S(=O)(=O)c1ccc(F)cc1. The van der Waals surface area contributed by atoms with Gasteiger partial charge in [0.25, 0.3) is 10.0 Å². The van der Waals surface area contributed by atoms with E-state index in [0.717, 1.165) is 33.3 Å². The predicted molar refractivity (Wildman–Crippen MR) is 132 cm³/mol. The highest BCUT2D eigenvalue weighted by molar-refractivity contribution is 7.89. The Balaban J connectivity index is 1.71. The molecule has 6 nitrogen and oxygen atoms in total. The first-order chi connectivity index (χ1) is 16.3. The number of hydrogen-bond acceptors (Lipinski definition) is 4. The lowest BCUT2D eigenvalue weighted by molar-refractivity contribution is 0.401. The summed E-state index contributed by atoms with van der Waals surface area (Å²) in [6.07, 6.45) is 0.493. The van der Waals surface area contributed by atoms with Crippen LogP contribution in [0.5, 0.6) is 0 Å². The third-order valence-corrected chi connectivity index (χ3v) is 7.62. The molecule has 3 aromatic carbocycles. The number of nitrogens with one attached hydrogen (secondary N) is 1. The van der Waals surface area contributed by atoms with Crippen molar-refractivity contribution in [1.29, 1.82) is 5.41 Å².